The van der Waals surface area contributed by atoms with Crippen LogP contribution in [-0.4, -0.2) is 46.9 Å². The van der Waals surface area contributed by atoms with E-state index in [-0.39, 0.29) is 5.60 Å². The molecule has 0 N–H and O–H groups in total. The van der Waals surface area contributed by atoms with Gasteiger partial charge in [-0.25, -0.2) is 0 Å². The minimum atomic E-state index is 0.0210. The molecule has 6 heteroatoms. The number of hydrogen-bond donors (Lipinski definition) is 0. The van der Waals surface area contributed by atoms with Crippen LogP contribution in [0.3, 0.4) is 0 Å². The van der Waals surface area contributed by atoms with Crippen molar-refractivity contribution in [2.24, 2.45) is 5.92 Å². The summed E-state index contributed by atoms with van der Waals surface area (Å²) in [6.45, 7) is 6.92. The SMILES string of the molecule is Cc1cc(CN2CC3(C2)OCC[C@@H]3CCOCc2ccccn2)no1. The van der Waals surface area contributed by atoms with Crippen LogP contribution >= 0.6 is 0 Å². The van der Waals surface area contributed by atoms with Crippen molar-refractivity contribution in [3.8, 4) is 0 Å². The van der Waals surface area contributed by atoms with Crippen molar-refractivity contribution in [2.45, 2.75) is 38.5 Å². The first-order valence-electron chi connectivity index (χ1n) is 9.00. The van der Waals surface area contributed by atoms with Crippen LogP contribution in [0.5, 0.6) is 0 Å². The van der Waals surface area contributed by atoms with Gasteiger partial charge < -0.3 is 14.0 Å². The molecule has 0 saturated carbocycles. The number of nitrogens with zero attached hydrogens (tertiary/aromatic N) is 3. The molecule has 2 aliphatic heterocycles. The topological polar surface area (TPSA) is 60.6 Å². The summed E-state index contributed by atoms with van der Waals surface area (Å²) in [5.74, 6) is 1.44. The van der Waals surface area contributed by atoms with Gasteiger partial charge in [0.05, 0.1) is 23.6 Å². The highest BCUT2D eigenvalue weighted by Gasteiger charge is 2.52. The molecule has 0 radical (unpaired) electrons. The summed E-state index contributed by atoms with van der Waals surface area (Å²) in [4.78, 5) is 6.66. The lowest BCUT2D eigenvalue weighted by Gasteiger charge is -2.50. The van der Waals surface area contributed by atoms with Crippen LogP contribution in [0.25, 0.3) is 0 Å². The van der Waals surface area contributed by atoms with Crippen LogP contribution in [0.1, 0.15) is 30.0 Å². The fourth-order valence-electron chi connectivity index (χ4n) is 3.97. The van der Waals surface area contributed by atoms with Crippen molar-refractivity contribution in [2.75, 3.05) is 26.3 Å². The zero-order valence-electron chi connectivity index (χ0n) is 14.7. The van der Waals surface area contributed by atoms with E-state index < -0.39 is 0 Å². The number of likely N-dealkylation sites (tertiary alicyclic amines) is 1. The van der Waals surface area contributed by atoms with Crippen molar-refractivity contribution in [1.82, 2.24) is 15.0 Å². The molecular weight excluding hydrogens is 318 g/mol. The quantitative estimate of drug-likeness (QED) is 0.720. The van der Waals surface area contributed by atoms with Crippen molar-refractivity contribution >= 4 is 0 Å². The van der Waals surface area contributed by atoms with E-state index in [2.05, 4.69) is 15.0 Å². The average molecular weight is 343 g/mol. The molecule has 1 atom stereocenters. The summed E-state index contributed by atoms with van der Waals surface area (Å²) in [6.07, 6.45) is 3.98. The molecule has 4 heterocycles. The largest absolute Gasteiger partial charge is 0.375 e. The Morgan fingerprint density at radius 2 is 2.24 bits per heavy atom. The molecular formula is C19H25N3O3. The van der Waals surface area contributed by atoms with Gasteiger partial charge in [-0.1, -0.05) is 11.2 Å². The highest BCUT2D eigenvalue weighted by molar-refractivity contribution is 5.09. The van der Waals surface area contributed by atoms with E-state index in [1.807, 2.05) is 31.2 Å². The first kappa shape index (κ1) is 16.7. The molecule has 1 spiro atoms. The number of hydrogen-bond acceptors (Lipinski definition) is 6. The van der Waals surface area contributed by atoms with Gasteiger partial charge in [0.25, 0.3) is 0 Å². The van der Waals surface area contributed by atoms with Gasteiger partial charge in [-0.15, -0.1) is 0 Å². The fourth-order valence-corrected chi connectivity index (χ4v) is 3.97. The Kier molecular flexibility index (Phi) is 4.83. The number of aryl methyl sites for hydroxylation is 1. The second-order valence-electron chi connectivity index (χ2n) is 7.14. The van der Waals surface area contributed by atoms with Crippen LogP contribution < -0.4 is 0 Å². The molecule has 0 amide bonds. The summed E-state index contributed by atoms with van der Waals surface area (Å²) in [7, 11) is 0. The van der Waals surface area contributed by atoms with E-state index >= 15 is 0 Å². The Hall–Kier alpha value is -1.76. The van der Waals surface area contributed by atoms with E-state index in [4.69, 9.17) is 14.0 Å². The van der Waals surface area contributed by atoms with Gasteiger partial charge in [0.15, 0.2) is 0 Å². The van der Waals surface area contributed by atoms with Crippen LogP contribution in [0.4, 0.5) is 0 Å². The second kappa shape index (κ2) is 7.23. The third-order valence-corrected chi connectivity index (χ3v) is 5.23. The summed E-state index contributed by atoms with van der Waals surface area (Å²) in [5.41, 5.74) is 2.01. The van der Waals surface area contributed by atoms with E-state index in [0.29, 0.717) is 12.5 Å². The molecule has 2 aromatic heterocycles. The van der Waals surface area contributed by atoms with Gasteiger partial charge in [-0.2, -0.15) is 0 Å². The maximum absolute atomic E-state index is 6.12. The fraction of sp³-hybridized carbons (Fsp3) is 0.579. The smallest absolute Gasteiger partial charge is 0.133 e. The molecule has 0 aromatic carbocycles. The molecule has 25 heavy (non-hydrogen) atoms. The minimum Gasteiger partial charge on any atom is -0.375 e. The van der Waals surface area contributed by atoms with Gasteiger partial charge in [0.2, 0.25) is 0 Å². The lowest BCUT2D eigenvalue weighted by atomic mass is 9.79. The van der Waals surface area contributed by atoms with Crippen LogP contribution in [0.15, 0.2) is 35.0 Å². The Balaban J connectivity index is 1.21. The van der Waals surface area contributed by atoms with Gasteiger partial charge in [0, 0.05) is 45.1 Å². The normalized spacial score (nSPS) is 22.4. The number of ether oxygens (including phenoxy) is 2. The third kappa shape index (κ3) is 3.76. The van der Waals surface area contributed by atoms with E-state index in [9.17, 15) is 0 Å². The molecule has 6 nitrogen and oxygen atoms in total. The van der Waals surface area contributed by atoms with Gasteiger partial charge >= 0.3 is 0 Å². The first-order valence-corrected chi connectivity index (χ1v) is 9.00. The lowest BCUT2D eigenvalue weighted by molar-refractivity contribution is -0.139. The number of pyridine rings is 1. The number of rotatable bonds is 7. The zero-order valence-corrected chi connectivity index (χ0v) is 14.7. The highest BCUT2D eigenvalue weighted by atomic mass is 16.5. The number of aromatic nitrogens is 2. The molecule has 134 valence electrons. The first-order chi connectivity index (χ1) is 12.2. The van der Waals surface area contributed by atoms with Gasteiger partial charge in [-0.3, -0.25) is 9.88 Å². The standard InChI is InChI=1S/C19H25N3O3/c1-15-10-18(21-25-15)11-22-13-19(14-22)16(6-9-24-19)5-8-23-12-17-4-2-3-7-20-17/h2-4,7,10,16H,5-6,8-9,11-14H2,1H3/t16-/m0/s1. The zero-order chi connectivity index (χ0) is 17.1. The molecule has 2 fully saturated rings. The molecule has 2 saturated heterocycles. The molecule has 0 bridgehead atoms. The second-order valence-corrected chi connectivity index (χ2v) is 7.14. The maximum Gasteiger partial charge on any atom is 0.133 e. The van der Waals surface area contributed by atoms with Crippen molar-refractivity contribution in [3.05, 3.63) is 47.6 Å². The average Bonchev–Trinajstić information content (AvgIpc) is 3.19. The van der Waals surface area contributed by atoms with Crippen LogP contribution in [0, 0.1) is 12.8 Å². The van der Waals surface area contributed by atoms with Crippen LogP contribution in [-0.2, 0) is 22.6 Å². The monoisotopic (exact) mass is 343 g/mol. The predicted molar refractivity (Wildman–Crippen MR) is 91.8 cm³/mol. The molecule has 2 aromatic rings. The van der Waals surface area contributed by atoms with Crippen molar-refractivity contribution in [3.63, 3.8) is 0 Å². The summed E-state index contributed by atoms with van der Waals surface area (Å²) >= 11 is 0. The minimum absolute atomic E-state index is 0.0210. The Morgan fingerprint density at radius 3 is 3.00 bits per heavy atom. The molecule has 2 aliphatic rings. The van der Waals surface area contributed by atoms with Crippen molar-refractivity contribution < 1.29 is 14.0 Å². The summed E-state index contributed by atoms with van der Waals surface area (Å²) in [5, 5.41) is 4.08. The van der Waals surface area contributed by atoms with Gasteiger partial charge in [0.1, 0.15) is 5.76 Å². The molecule has 0 unspecified atom stereocenters. The Morgan fingerprint density at radius 1 is 1.32 bits per heavy atom. The van der Waals surface area contributed by atoms with Gasteiger partial charge in [-0.05, 0) is 37.8 Å². The van der Waals surface area contributed by atoms with Crippen LogP contribution in [0.2, 0.25) is 0 Å². The van der Waals surface area contributed by atoms with E-state index in [1.165, 1.54) is 0 Å². The Labute approximate surface area is 148 Å². The third-order valence-electron chi connectivity index (χ3n) is 5.23. The molecule has 0 aliphatic carbocycles. The highest BCUT2D eigenvalue weighted by Crippen LogP contribution is 2.42. The Bertz CT molecular complexity index is 682. The van der Waals surface area contributed by atoms with Crippen molar-refractivity contribution in [1.29, 1.82) is 0 Å². The maximum atomic E-state index is 6.12. The summed E-state index contributed by atoms with van der Waals surface area (Å²) in [6, 6.07) is 7.91. The van der Waals surface area contributed by atoms with E-state index in [1.54, 1.807) is 6.20 Å². The predicted octanol–water partition coefficient (Wildman–Crippen LogP) is 2.58. The lowest BCUT2D eigenvalue weighted by Crippen LogP contribution is -2.64. The molecule has 4 rings (SSSR count). The summed E-state index contributed by atoms with van der Waals surface area (Å²) < 4.78 is 17.1. The van der Waals surface area contributed by atoms with E-state index in [0.717, 1.165) is 62.8 Å².